The molecular formula is C13H11NO2. The van der Waals surface area contributed by atoms with Gasteiger partial charge in [-0.2, -0.15) is 0 Å². The number of Topliss-reactive ketones (excluding diaryl/α,β-unsaturated/α-hetero) is 2. The van der Waals surface area contributed by atoms with E-state index in [4.69, 9.17) is 0 Å². The molecule has 0 bridgehead atoms. The van der Waals surface area contributed by atoms with Gasteiger partial charge in [0.25, 0.3) is 0 Å². The van der Waals surface area contributed by atoms with Crippen LogP contribution in [-0.2, 0) is 0 Å². The second-order valence-electron chi connectivity index (χ2n) is 3.69. The van der Waals surface area contributed by atoms with Crippen molar-refractivity contribution in [2.75, 3.05) is 0 Å². The predicted molar refractivity (Wildman–Crippen MR) is 61.8 cm³/mol. The van der Waals surface area contributed by atoms with E-state index >= 15 is 0 Å². The van der Waals surface area contributed by atoms with Gasteiger partial charge >= 0.3 is 0 Å². The molecule has 0 saturated carbocycles. The van der Waals surface area contributed by atoms with Crippen molar-refractivity contribution in [1.82, 2.24) is 4.98 Å². The fraction of sp³-hybridized carbons (Fsp3) is 0.154. The molecule has 0 radical (unpaired) electrons. The van der Waals surface area contributed by atoms with E-state index in [1.807, 2.05) is 0 Å². The molecule has 0 aliphatic heterocycles. The minimum atomic E-state index is -0.0203. The fourth-order valence-electron chi connectivity index (χ4n) is 1.80. The molecule has 0 saturated heterocycles. The molecule has 0 aliphatic carbocycles. The van der Waals surface area contributed by atoms with Crippen molar-refractivity contribution in [2.24, 2.45) is 0 Å². The first-order valence-corrected chi connectivity index (χ1v) is 5.00. The number of nitrogens with zero attached hydrogens (tertiary/aromatic N) is 1. The summed E-state index contributed by atoms with van der Waals surface area (Å²) in [7, 11) is 0. The number of rotatable bonds is 2. The average Bonchev–Trinajstić information content (AvgIpc) is 2.27. The van der Waals surface area contributed by atoms with Crippen LogP contribution in [-0.4, -0.2) is 16.6 Å². The van der Waals surface area contributed by atoms with Crippen LogP contribution in [0.25, 0.3) is 10.8 Å². The largest absolute Gasteiger partial charge is 0.294 e. The van der Waals surface area contributed by atoms with Crippen LogP contribution in [0.1, 0.15) is 34.6 Å². The molecule has 0 unspecified atom stereocenters. The molecule has 0 spiro atoms. The summed E-state index contributed by atoms with van der Waals surface area (Å²) in [6, 6.07) is 5.14. The molecule has 0 N–H and O–H groups in total. The second-order valence-corrected chi connectivity index (χ2v) is 3.69. The molecule has 2 rings (SSSR count). The zero-order valence-corrected chi connectivity index (χ0v) is 9.15. The number of hydrogen-bond acceptors (Lipinski definition) is 3. The monoisotopic (exact) mass is 213 g/mol. The first-order valence-electron chi connectivity index (χ1n) is 5.00. The Hall–Kier alpha value is -2.03. The minimum Gasteiger partial charge on any atom is -0.294 e. The number of aromatic nitrogens is 1. The molecule has 3 nitrogen and oxygen atoms in total. The summed E-state index contributed by atoms with van der Waals surface area (Å²) in [6.45, 7) is 3.03. The van der Waals surface area contributed by atoms with Crippen LogP contribution < -0.4 is 0 Å². The van der Waals surface area contributed by atoms with Crippen LogP contribution in [0.15, 0.2) is 30.6 Å². The Morgan fingerprint density at radius 1 is 0.938 bits per heavy atom. The van der Waals surface area contributed by atoms with Gasteiger partial charge in [-0.05, 0) is 31.4 Å². The Balaban J connectivity index is 2.87. The lowest BCUT2D eigenvalue weighted by Crippen LogP contribution is -1.99. The topological polar surface area (TPSA) is 47.0 Å². The van der Waals surface area contributed by atoms with Gasteiger partial charge < -0.3 is 0 Å². The Labute approximate surface area is 93.1 Å². The number of carbonyl (C=O) groups excluding carboxylic acids is 2. The van der Waals surface area contributed by atoms with Crippen LogP contribution in [0, 0.1) is 0 Å². The number of fused-ring (bicyclic) bond motifs is 1. The van der Waals surface area contributed by atoms with E-state index in [0.717, 1.165) is 10.8 Å². The molecule has 16 heavy (non-hydrogen) atoms. The Morgan fingerprint density at radius 2 is 1.50 bits per heavy atom. The molecule has 0 atom stereocenters. The lowest BCUT2D eigenvalue weighted by molar-refractivity contribution is 0.100. The van der Waals surface area contributed by atoms with Crippen molar-refractivity contribution in [2.45, 2.75) is 13.8 Å². The lowest BCUT2D eigenvalue weighted by atomic mass is 9.98. The molecule has 0 aliphatic rings. The van der Waals surface area contributed by atoms with Gasteiger partial charge in [0.15, 0.2) is 11.6 Å². The van der Waals surface area contributed by atoms with Crippen LogP contribution in [0.4, 0.5) is 0 Å². The van der Waals surface area contributed by atoms with Gasteiger partial charge in [0.1, 0.15) is 0 Å². The van der Waals surface area contributed by atoms with Crippen molar-refractivity contribution in [1.29, 1.82) is 0 Å². The van der Waals surface area contributed by atoms with E-state index < -0.39 is 0 Å². The van der Waals surface area contributed by atoms with E-state index in [0.29, 0.717) is 11.1 Å². The summed E-state index contributed by atoms with van der Waals surface area (Å²) in [6.07, 6.45) is 3.25. The van der Waals surface area contributed by atoms with Crippen molar-refractivity contribution in [3.05, 3.63) is 41.7 Å². The molecule has 2 aromatic rings. The van der Waals surface area contributed by atoms with Crippen LogP contribution in [0.3, 0.4) is 0 Å². The predicted octanol–water partition coefficient (Wildman–Crippen LogP) is 2.64. The SMILES string of the molecule is CC(=O)c1ccc(C(C)=O)c2cnccc12. The number of hydrogen-bond donors (Lipinski definition) is 0. The van der Waals surface area contributed by atoms with Gasteiger partial charge in [0, 0.05) is 28.9 Å². The first kappa shape index (κ1) is 10.5. The van der Waals surface area contributed by atoms with Gasteiger partial charge in [-0.15, -0.1) is 0 Å². The highest BCUT2D eigenvalue weighted by molar-refractivity contribution is 6.13. The summed E-state index contributed by atoms with van der Waals surface area (Å²) in [5.74, 6) is -0.0283. The quantitative estimate of drug-likeness (QED) is 0.720. The molecular weight excluding hydrogens is 202 g/mol. The Kier molecular flexibility index (Phi) is 2.52. The number of benzene rings is 1. The Bertz CT molecular complexity index is 535. The van der Waals surface area contributed by atoms with Crippen LogP contribution in [0.2, 0.25) is 0 Å². The molecule has 80 valence electrons. The van der Waals surface area contributed by atoms with Gasteiger partial charge in [0.05, 0.1) is 0 Å². The number of carbonyl (C=O) groups is 2. The number of pyridine rings is 1. The van der Waals surface area contributed by atoms with Crippen molar-refractivity contribution in [3.63, 3.8) is 0 Å². The Morgan fingerprint density at radius 3 is 2.06 bits per heavy atom. The number of ketones is 2. The lowest BCUT2D eigenvalue weighted by Gasteiger charge is -2.06. The van der Waals surface area contributed by atoms with Crippen molar-refractivity contribution >= 4 is 22.3 Å². The van der Waals surface area contributed by atoms with E-state index in [9.17, 15) is 9.59 Å². The molecule has 1 heterocycles. The van der Waals surface area contributed by atoms with Crippen LogP contribution >= 0.6 is 0 Å². The summed E-state index contributed by atoms with van der Waals surface area (Å²) < 4.78 is 0. The van der Waals surface area contributed by atoms with E-state index in [-0.39, 0.29) is 11.6 Å². The summed E-state index contributed by atoms with van der Waals surface area (Å²) >= 11 is 0. The second kappa shape index (κ2) is 3.85. The average molecular weight is 213 g/mol. The van der Waals surface area contributed by atoms with Gasteiger partial charge in [-0.1, -0.05) is 6.07 Å². The summed E-state index contributed by atoms with van der Waals surface area (Å²) in [4.78, 5) is 26.9. The molecule has 0 amide bonds. The van der Waals surface area contributed by atoms with Gasteiger partial charge in [-0.25, -0.2) is 0 Å². The van der Waals surface area contributed by atoms with E-state index in [1.54, 1.807) is 30.6 Å². The van der Waals surface area contributed by atoms with Crippen molar-refractivity contribution in [3.8, 4) is 0 Å². The minimum absolute atomic E-state index is 0.00805. The zero-order valence-electron chi connectivity index (χ0n) is 9.15. The maximum Gasteiger partial charge on any atom is 0.160 e. The molecule has 1 aromatic carbocycles. The fourth-order valence-corrected chi connectivity index (χ4v) is 1.80. The van der Waals surface area contributed by atoms with E-state index in [1.165, 1.54) is 13.8 Å². The highest BCUT2D eigenvalue weighted by Crippen LogP contribution is 2.22. The maximum absolute atomic E-state index is 11.4. The third kappa shape index (κ3) is 1.60. The maximum atomic E-state index is 11.4. The third-order valence-electron chi connectivity index (χ3n) is 2.58. The molecule has 0 fully saturated rings. The highest BCUT2D eigenvalue weighted by atomic mass is 16.1. The van der Waals surface area contributed by atoms with E-state index in [2.05, 4.69) is 4.98 Å². The highest BCUT2D eigenvalue weighted by Gasteiger charge is 2.11. The van der Waals surface area contributed by atoms with Crippen LogP contribution in [0.5, 0.6) is 0 Å². The third-order valence-corrected chi connectivity index (χ3v) is 2.58. The summed E-state index contributed by atoms with van der Waals surface area (Å²) in [5.41, 5.74) is 1.23. The summed E-state index contributed by atoms with van der Waals surface area (Å²) in [5, 5.41) is 1.53. The van der Waals surface area contributed by atoms with Gasteiger partial charge in [-0.3, -0.25) is 14.6 Å². The van der Waals surface area contributed by atoms with Gasteiger partial charge in [0.2, 0.25) is 0 Å². The van der Waals surface area contributed by atoms with Crippen molar-refractivity contribution < 1.29 is 9.59 Å². The standard InChI is InChI=1S/C13H11NO2/c1-8(15)10-3-4-11(9(2)16)13-7-14-6-5-12(10)13/h3-7H,1-2H3. The molecule has 3 heteroatoms. The normalized spacial score (nSPS) is 10.4. The smallest absolute Gasteiger partial charge is 0.160 e. The first-order chi connectivity index (χ1) is 7.61. The molecule has 1 aromatic heterocycles. The zero-order chi connectivity index (χ0) is 11.7.